The second kappa shape index (κ2) is 10.9. The minimum atomic E-state index is 0.417. The summed E-state index contributed by atoms with van der Waals surface area (Å²) in [6.45, 7) is 8.80. The van der Waals surface area contributed by atoms with E-state index in [1.165, 1.54) is 116 Å². The van der Waals surface area contributed by atoms with Gasteiger partial charge in [-0.1, -0.05) is 19.3 Å². The van der Waals surface area contributed by atoms with Gasteiger partial charge >= 0.3 is 0 Å². The Morgan fingerprint density at radius 2 is 1.08 bits per heavy atom. The molecule has 1 aliphatic carbocycles. The van der Waals surface area contributed by atoms with Gasteiger partial charge in [0.2, 0.25) is 0 Å². The van der Waals surface area contributed by atoms with Crippen LogP contribution in [0, 0.1) is 17.8 Å². The van der Waals surface area contributed by atoms with Crippen molar-refractivity contribution >= 4 is 0 Å². The fourth-order valence-corrected chi connectivity index (χ4v) is 5.52. The molecule has 4 heterocycles. The maximum atomic E-state index is 8.69. The normalized spacial score (nSPS) is 37.3. The fourth-order valence-electron chi connectivity index (χ4n) is 5.52. The van der Waals surface area contributed by atoms with Gasteiger partial charge in [0.05, 0.1) is 0 Å². The van der Waals surface area contributed by atoms with E-state index in [4.69, 9.17) is 5.11 Å². The molecule has 0 aromatic rings. The van der Waals surface area contributed by atoms with Gasteiger partial charge in [-0.05, 0) is 102 Å². The molecule has 1 N–H and O–H groups in total. The van der Waals surface area contributed by atoms with E-state index in [1.807, 2.05) is 0 Å². The van der Waals surface area contributed by atoms with Gasteiger partial charge in [-0.2, -0.15) is 0 Å². The van der Waals surface area contributed by atoms with Crippen molar-refractivity contribution < 1.29 is 5.11 Å². The number of aliphatic hydroxyl groups is 1. The Bertz CT molecular complexity index is 319. The molecule has 3 nitrogen and oxygen atoms in total. The van der Waals surface area contributed by atoms with Gasteiger partial charge < -0.3 is 14.9 Å². The molecule has 0 amide bonds. The zero-order chi connectivity index (χ0) is 17.3. The van der Waals surface area contributed by atoms with Crippen LogP contribution in [0.3, 0.4) is 0 Å². The third-order valence-corrected chi connectivity index (χ3v) is 7.13. The van der Waals surface area contributed by atoms with Crippen LogP contribution in [0.25, 0.3) is 0 Å². The number of nitrogens with zero attached hydrogens (tertiary/aromatic N) is 2. The molecule has 1 saturated carbocycles. The summed E-state index contributed by atoms with van der Waals surface area (Å²) in [6.07, 6.45) is 17.0. The van der Waals surface area contributed by atoms with Crippen LogP contribution < -0.4 is 0 Å². The first-order chi connectivity index (χ1) is 12.3. The van der Waals surface area contributed by atoms with E-state index in [0.717, 1.165) is 11.8 Å². The molecule has 5 aliphatic rings. The highest BCUT2D eigenvalue weighted by Gasteiger charge is 2.25. The smallest absolute Gasteiger partial charge is 0.0459 e. The molecule has 4 saturated heterocycles. The predicted molar refractivity (Wildman–Crippen MR) is 106 cm³/mol. The van der Waals surface area contributed by atoms with E-state index in [9.17, 15) is 0 Å². The monoisotopic (exact) mass is 350 g/mol. The number of rotatable bonds is 1. The van der Waals surface area contributed by atoms with Crippen LogP contribution in [0.5, 0.6) is 0 Å². The Hall–Kier alpha value is -0.120. The Morgan fingerprint density at radius 3 is 1.48 bits per heavy atom. The molecule has 4 aliphatic heterocycles. The summed E-state index contributed by atoms with van der Waals surface area (Å²) in [5.41, 5.74) is 0. The summed E-state index contributed by atoms with van der Waals surface area (Å²) in [4.78, 5) is 5.21. The van der Waals surface area contributed by atoms with Crippen LogP contribution in [0.15, 0.2) is 0 Å². The van der Waals surface area contributed by atoms with Gasteiger partial charge in [-0.25, -0.2) is 0 Å². The predicted octanol–water partition coefficient (Wildman–Crippen LogP) is 4.15. The first kappa shape index (κ1) is 19.6. The molecule has 2 unspecified atom stereocenters. The SMILES string of the molecule is C1CC2CCCN(C1)C2.C1CC2CCN(C1)C2.OCC1CCCCC1. The highest BCUT2D eigenvalue weighted by molar-refractivity contribution is 4.80. The van der Waals surface area contributed by atoms with Gasteiger partial charge in [0.25, 0.3) is 0 Å². The van der Waals surface area contributed by atoms with E-state index in [0.29, 0.717) is 12.5 Å². The van der Waals surface area contributed by atoms with Crippen molar-refractivity contribution in [3.05, 3.63) is 0 Å². The molecule has 25 heavy (non-hydrogen) atoms. The fraction of sp³-hybridized carbons (Fsp3) is 1.00. The lowest BCUT2D eigenvalue weighted by Crippen LogP contribution is -2.39. The second-order valence-corrected chi connectivity index (χ2v) is 9.24. The Morgan fingerprint density at radius 1 is 0.560 bits per heavy atom. The number of fused-ring (bicyclic) bond motifs is 4. The maximum absolute atomic E-state index is 8.69. The molecule has 3 heteroatoms. The van der Waals surface area contributed by atoms with Gasteiger partial charge in [-0.3, -0.25) is 0 Å². The second-order valence-electron chi connectivity index (χ2n) is 9.24. The Labute approximate surface area is 156 Å². The summed E-state index contributed by atoms with van der Waals surface area (Å²) in [7, 11) is 0. The zero-order valence-electron chi connectivity index (χ0n) is 16.5. The summed E-state index contributed by atoms with van der Waals surface area (Å²) in [5.74, 6) is 2.81. The lowest BCUT2D eigenvalue weighted by molar-refractivity contribution is 0.124. The number of aliphatic hydroxyl groups excluding tert-OH is 1. The first-order valence-corrected chi connectivity index (χ1v) is 11.4. The van der Waals surface area contributed by atoms with Crippen LogP contribution in [-0.4, -0.2) is 60.8 Å². The zero-order valence-corrected chi connectivity index (χ0v) is 16.5. The van der Waals surface area contributed by atoms with Crippen LogP contribution in [0.2, 0.25) is 0 Å². The Kier molecular flexibility index (Phi) is 8.55. The van der Waals surface area contributed by atoms with Crippen LogP contribution in [0.4, 0.5) is 0 Å². The Balaban J connectivity index is 0.000000110. The van der Waals surface area contributed by atoms with Crippen LogP contribution in [0.1, 0.15) is 77.0 Å². The molecule has 0 radical (unpaired) electrons. The van der Waals surface area contributed by atoms with Crippen molar-refractivity contribution in [1.82, 2.24) is 9.80 Å². The molecule has 5 rings (SSSR count). The molecule has 0 aromatic carbocycles. The van der Waals surface area contributed by atoms with E-state index in [2.05, 4.69) is 9.80 Å². The maximum Gasteiger partial charge on any atom is 0.0459 e. The average Bonchev–Trinajstić information content (AvgIpc) is 3.01. The largest absolute Gasteiger partial charge is 0.396 e. The number of hydrogen-bond acceptors (Lipinski definition) is 3. The molecule has 2 atom stereocenters. The average molecular weight is 351 g/mol. The van der Waals surface area contributed by atoms with Crippen molar-refractivity contribution in [2.75, 3.05) is 45.9 Å². The van der Waals surface area contributed by atoms with E-state index in [-0.39, 0.29) is 0 Å². The lowest BCUT2D eigenvalue weighted by atomic mass is 9.90. The van der Waals surface area contributed by atoms with E-state index >= 15 is 0 Å². The molecule has 4 bridgehead atoms. The van der Waals surface area contributed by atoms with Crippen molar-refractivity contribution in [3.63, 3.8) is 0 Å². The summed E-state index contributed by atoms with van der Waals surface area (Å²) in [5, 5.41) is 8.69. The van der Waals surface area contributed by atoms with Gasteiger partial charge in [-0.15, -0.1) is 0 Å². The highest BCUT2D eigenvalue weighted by Crippen LogP contribution is 2.26. The van der Waals surface area contributed by atoms with Gasteiger partial charge in [0, 0.05) is 19.7 Å². The molecular formula is C22H42N2O. The molecule has 0 spiro atoms. The summed E-state index contributed by atoms with van der Waals surface area (Å²) in [6, 6.07) is 0. The minimum Gasteiger partial charge on any atom is -0.396 e. The quantitative estimate of drug-likeness (QED) is 0.769. The third-order valence-electron chi connectivity index (χ3n) is 7.13. The number of piperidine rings is 3. The molecule has 0 aromatic heterocycles. The lowest BCUT2D eigenvalue weighted by Gasteiger charge is -2.37. The molecule has 5 fully saturated rings. The highest BCUT2D eigenvalue weighted by atomic mass is 16.3. The minimum absolute atomic E-state index is 0.417. The standard InChI is InChI=1S/C8H15N.C7H13N.C7H14O/c1-3-8-4-2-6-9(5-1)7-8;1-2-7-3-5-8(4-1)6-7;8-6-7-4-2-1-3-5-7/h8H,1-7H2;7H,1-6H2;7-8H,1-6H2. The van der Waals surface area contributed by atoms with Crippen molar-refractivity contribution in [2.24, 2.45) is 17.8 Å². The van der Waals surface area contributed by atoms with Crippen molar-refractivity contribution in [1.29, 1.82) is 0 Å². The third kappa shape index (κ3) is 6.84. The van der Waals surface area contributed by atoms with Gasteiger partial charge in [0.1, 0.15) is 0 Å². The topological polar surface area (TPSA) is 26.7 Å². The van der Waals surface area contributed by atoms with E-state index in [1.54, 1.807) is 0 Å². The van der Waals surface area contributed by atoms with Crippen molar-refractivity contribution in [2.45, 2.75) is 77.0 Å². The van der Waals surface area contributed by atoms with Crippen LogP contribution in [-0.2, 0) is 0 Å². The van der Waals surface area contributed by atoms with Crippen LogP contribution >= 0.6 is 0 Å². The molecule has 146 valence electrons. The molecular weight excluding hydrogens is 308 g/mol. The summed E-state index contributed by atoms with van der Waals surface area (Å²) >= 11 is 0. The summed E-state index contributed by atoms with van der Waals surface area (Å²) < 4.78 is 0. The van der Waals surface area contributed by atoms with Gasteiger partial charge in [0.15, 0.2) is 0 Å². The first-order valence-electron chi connectivity index (χ1n) is 11.4. The van der Waals surface area contributed by atoms with Crippen molar-refractivity contribution in [3.8, 4) is 0 Å². The van der Waals surface area contributed by atoms with E-state index < -0.39 is 0 Å². The number of hydrogen-bond donors (Lipinski definition) is 1.